The quantitative estimate of drug-likeness (QED) is 0.229. The smallest absolute Gasteiger partial charge is 0.303 e. The second-order valence-electron chi connectivity index (χ2n) is 8.94. The molecule has 0 spiro atoms. The molecular weight excluding hydrogens is 450 g/mol. The first-order chi connectivity index (χ1) is 17.4. The van der Waals surface area contributed by atoms with Crippen molar-refractivity contribution in [2.75, 3.05) is 11.1 Å². The van der Waals surface area contributed by atoms with E-state index < -0.39 is 5.97 Å². The zero-order valence-corrected chi connectivity index (χ0v) is 20.3. The van der Waals surface area contributed by atoms with Crippen LogP contribution in [0.25, 0.3) is 21.9 Å². The molecule has 0 fully saturated rings. The van der Waals surface area contributed by atoms with Crippen LogP contribution in [0.1, 0.15) is 42.4 Å². The van der Waals surface area contributed by atoms with Crippen LogP contribution < -0.4 is 16.8 Å². The molecule has 6 N–H and O–H groups in total. The third kappa shape index (κ3) is 5.24. The molecule has 4 rings (SSSR count). The molecule has 0 aromatic heterocycles. The van der Waals surface area contributed by atoms with Crippen molar-refractivity contribution in [3.63, 3.8) is 0 Å². The van der Waals surface area contributed by atoms with E-state index in [1.165, 1.54) is 0 Å². The van der Waals surface area contributed by atoms with Gasteiger partial charge in [-0.05, 0) is 53.3 Å². The maximum absolute atomic E-state index is 13.4. The maximum atomic E-state index is 13.4. The molecule has 184 valence electrons. The summed E-state index contributed by atoms with van der Waals surface area (Å²) < 4.78 is 0. The molecule has 0 aliphatic heterocycles. The monoisotopic (exact) mass is 481 g/mol. The average Bonchev–Trinajstić information content (AvgIpc) is 2.88. The Morgan fingerprint density at radius 3 is 2.42 bits per heavy atom. The number of benzene rings is 4. The van der Waals surface area contributed by atoms with Gasteiger partial charge in [0, 0.05) is 35.5 Å². The Morgan fingerprint density at radius 1 is 0.917 bits per heavy atom. The molecule has 0 bridgehead atoms. The molecule has 1 amide bonds. The Hall–Kier alpha value is -4.16. The number of hydrogen-bond donors (Lipinski definition) is 4. The molecule has 0 aliphatic rings. The minimum absolute atomic E-state index is 0.0927. The molecule has 0 aliphatic carbocycles. The Labute approximate surface area is 210 Å². The van der Waals surface area contributed by atoms with Gasteiger partial charge in [0.05, 0.1) is 5.92 Å². The van der Waals surface area contributed by atoms with Crippen molar-refractivity contribution in [3.05, 3.63) is 95.6 Å². The van der Waals surface area contributed by atoms with E-state index in [1.807, 2.05) is 85.8 Å². The summed E-state index contributed by atoms with van der Waals surface area (Å²) in [6.07, 6.45) is 1.19. The van der Waals surface area contributed by atoms with Crippen molar-refractivity contribution in [1.82, 2.24) is 0 Å². The number of aryl methyl sites for hydroxylation is 1. The highest BCUT2D eigenvalue weighted by molar-refractivity contribution is 6.02. The van der Waals surface area contributed by atoms with Crippen molar-refractivity contribution < 1.29 is 14.7 Å². The SMILES string of the molecule is CC(C(=O)Nc1ccccc1-c1ccc(CCCC(=O)O)c(CN)c1N)c1cccc2ccccc12. The van der Waals surface area contributed by atoms with E-state index in [-0.39, 0.29) is 24.8 Å². The first-order valence-electron chi connectivity index (χ1n) is 12.1. The lowest BCUT2D eigenvalue weighted by Gasteiger charge is -2.19. The van der Waals surface area contributed by atoms with E-state index in [0.717, 1.165) is 38.6 Å². The zero-order valence-electron chi connectivity index (χ0n) is 20.3. The molecular formula is C30H31N3O3. The largest absolute Gasteiger partial charge is 0.481 e. The van der Waals surface area contributed by atoms with Crippen LogP contribution in [0, 0.1) is 0 Å². The lowest BCUT2D eigenvalue weighted by Crippen LogP contribution is -2.19. The number of hydrogen-bond acceptors (Lipinski definition) is 4. The topological polar surface area (TPSA) is 118 Å². The number of aliphatic carboxylic acids is 1. The number of amides is 1. The number of carbonyl (C=O) groups is 2. The zero-order chi connectivity index (χ0) is 25.7. The van der Waals surface area contributed by atoms with Gasteiger partial charge in [0.1, 0.15) is 0 Å². The Morgan fingerprint density at radius 2 is 1.64 bits per heavy atom. The second-order valence-corrected chi connectivity index (χ2v) is 8.94. The Kier molecular flexibility index (Phi) is 7.66. The van der Waals surface area contributed by atoms with Crippen LogP contribution in [0.5, 0.6) is 0 Å². The van der Waals surface area contributed by atoms with Crippen LogP contribution in [0.2, 0.25) is 0 Å². The van der Waals surface area contributed by atoms with E-state index >= 15 is 0 Å². The first-order valence-corrected chi connectivity index (χ1v) is 12.1. The third-order valence-corrected chi connectivity index (χ3v) is 6.65. The summed E-state index contributed by atoms with van der Waals surface area (Å²) in [5, 5.41) is 14.2. The molecule has 4 aromatic carbocycles. The van der Waals surface area contributed by atoms with Crippen LogP contribution in [-0.4, -0.2) is 17.0 Å². The number of para-hydroxylation sites is 1. The van der Waals surface area contributed by atoms with E-state index in [2.05, 4.69) is 5.32 Å². The highest BCUT2D eigenvalue weighted by Crippen LogP contribution is 2.36. The van der Waals surface area contributed by atoms with Gasteiger partial charge in [0.15, 0.2) is 0 Å². The predicted molar refractivity (Wildman–Crippen MR) is 146 cm³/mol. The van der Waals surface area contributed by atoms with Gasteiger partial charge in [-0.3, -0.25) is 9.59 Å². The lowest BCUT2D eigenvalue weighted by molar-refractivity contribution is -0.137. The number of nitrogens with two attached hydrogens (primary N) is 2. The summed E-state index contributed by atoms with van der Waals surface area (Å²) in [5.41, 5.74) is 18.1. The number of anilines is 2. The van der Waals surface area contributed by atoms with Gasteiger partial charge in [-0.15, -0.1) is 0 Å². The normalized spacial score (nSPS) is 11.8. The average molecular weight is 482 g/mol. The van der Waals surface area contributed by atoms with E-state index in [9.17, 15) is 9.59 Å². The summed E-state index contributed by atoms with van der Waals surface area (Å²) >= 11 is 0. The second kappa shape index (κ2) is 11.1. The standard InChI is InChI=1S/C30H31N3O3/c1-19(22-13-6-9-20-8-2-3-11-23(20)22)30(36)33-27-14-5-4-12-24(27)25-17-16-21(10-7-15-28(34)35)26(18-31)29(25)32/h2-6,8-9,11-14,16-17,19H,7,10,15,18,31-32H2,1H3,(H,33,36)(H,34,35). The molecule has 36 heavy (non-hydrogen) atoms. The van der Waals surface area contributed by atoms with Crippen molar-refractivity contribution in [2.45, 2.75) is 38.6 Å². The number of nitrogen functional groups attached to an aromatic ring is 1. The van der Waals surface area contributed by atoms with E-state index in [4.69, 9.17) is 16.6 Å². The number of fused-ring (bicyclic) bond motifs is 1. The van der Waals surface area contributed by atoms with Gasteiger partial charge in [0.25, 0.3) is 0 Å². The molecule has 0 saturated carbocycles. The van der Waals surface area contributed by atoms with Crippen LogP contribution >= 0.6 is 0 Å². The highest BCUT2D eigenvalue weighted by atomic mass is 16.4. The molecule has 0 heterocycles. The number of carboxylic acid groups (broad SMARTS) is 1. The van der Waals surface area contributed by atoms with Gasteiger partial charge < -0.3 is 21.9 Å². The molecule has 1 atom stereocenters. The van der Waals surface area contributed by atoms with Gasteiger partial charge in [-0.2, -0.15) is 0 Å². The van der Waals surface area contributed by atoms with Crippen LogP contribution in [0.15, 0.2) is 78.9 Å². The summed E-state index contributed by atoms with van der Waals surface area (Å²) in [7, 11) is 0. The predicted octanol–water partition coefficient (Wildman–Crippen LogP) is 5.70. The van der Waals surface area contributed by atoms with Crippen molar-refractivity contribution in [1.29, 1.82) is 0 Å². The number of carboxylic acids is 1. The summed E-state index contributed by atoms with van der Waals surface area (Å²) in [6.45, 7) is 2.15. The third-order valence-electron chi connectivity index (χ3n) is 6.65. The molecule has 0 radical (unpaired) electrons. The minimum atomic E-state index is -0.823. The molecule has 0 saturated heterocycles. The van der Waals surface area contributed by atoms with Crippen molar-refractivity contribution in [3.8, 4) is 11.1 Å². The molecule has 6 heteroatoms. The Bertz CT molecular complexity index is 1410. The fourth-order valence-electron chi connectivity index (χ4n) is 4.69. The number of carbonyl (C=O) groups excluding carboxylic acids is 1. The van der Waals surface area contributed by atoms with E-state index in [0.29, 0.717) is 24.2 Å². The summed E-state index contributed by atoms with van der Waals surface area (Å²) in [4.78, 5) is 24.3. The van der Waals surface area contributed by atoms with Gasteiger partial charge >= 0.3 is 5.97 Å². The Balaban J connectivity index is 1.63. The van der Waals surface area contributed by atoms with Gasteiger partial charge in [-0.1, -0.05) is 72.8 Å². The van der Waals surface area contributed by atoms with Crippen LogP contribution in [0.3, 0.4) is 0 Å². The van der Waals surface area contributed by atoms with E-state index in [1.54, 1.807) is 0 Å². The number of rotatable bonds is 9. The molecule has 6 nitrogen and oxygen atoms in total. The molecule has 4 aromatic rings. The van der Waals surface area contributed by atoms with Crippen LogP contribution in [-0.2, 0) is 22.6 Å². The minimum Gasteiger partial charge on any atom is -0.481 e. The highest BCUT2D eigenvalue weighted by Gasteiger charge is 2.20. The summed E-state index contributed by atoms with van der Waals surface area (Å²) in [5.74, 6) is -1.30. The fraction of sp³-hybridized carbons (Fsp3) is 0.200. The van der Waals surface area contributed by atoms with Gasteiger partial charge in [0.2, 0.25) is 5.91 Å². The van der Waals surface area contributed by atoms with Crippen LogP contribution in [0.4, 0.5) is 11.4 Å². The number of nitrogens with one attached hydrogen (secondary N) is 1. The lowest BCUT2D eigenvalue weighted by atomic mass is 9.92. The van der Waals surface area contributed by atoms with Gasteiger partial charge in [-0.25, -0.2) is 0 Å². The molecule has 1 unspecified atom stereocenters. The first kappa shape index (κ1) is 24.9. The summed E-state index contributed by atoms with van der Waals surface area (Å²) in [6, 6.07) is 25.5. The fourth-order valence-corrected chi connectivity index (χ4v) is 4.69. The van der Waals surface area contributed by atoms with Crippen molar-refractivity contribution in [2.24, 2.45) is 5.73 Å². The maximum Gasteiger partial charge on any atom is 0.303 e. The van der Waals surface area contributed by atoms with Crippen molar-refractivity contribution >= 4 is 34.0 Å².